The molecule has 0 bridgehead atoms. The van der Waals surface area contributed by atoms with Gasteiger partial charge in [-0.2, -0.15) is 13.1 Å². The average Bonchev–Trinajstić information content (AvgIpc) is 2.54. The number of nitrogens with one attached hydrogen (secondary N) is 3. The molecule has 1 heterocycles. The highest BCUT2D eigenvalue weighted by molar-refractivity contribution is 7.88. The van der Waals surface area contributed by atoms with Gasteiger partial charge < -0.3 is 10.1 Å². The Kier molecular flexibility index (Phi) is 3.67. The van der Waals surface area contributed by atoms with Crippen LogP contribution in [-0.2, 0) is 14.9 Å². The fraction of sp³-hybridized carbons (Fsp3) is 0.833. The lowest BCUT2D eigenvalue weighted by molar-refractivity contribution is 0.177. The average molecular weight is 223 g/mol. The van der Waals surface area contributed by atoms with Crippen molar-refractivity contribution < 1.29 is 17.9 Å². The van der Waals surface area contributed by atoms with Crippen LogP contribution >= 0.6 is 0 Å². The zero-order valence-electron chi connectivity index (χ0n) is 7.74. The van der Waals surface area contributed by atoms with Crippen LogP contribution in [-0.4, -0.2) is 40.8 Å². The molecular formula is C6H13N3O4S. The lowest BCUT2D eigenvalue weighted by atomic mass is 10.3. The van der Waals surface area contributed by atoms with Crippen molar-refractivity contribution in [3.05, 3.63) is 0 Å². The van der Waals surface area contributed by atoms with Crippen LogP contribution in [0, 0.1) is 0 Å². The van der Waals surface area contributed by atoms with Gasteiger partial charge in [-0.1, -0.05) is 0 Å². The molecule has 0 aliphatic carbocycles. The molecule has 1 fully saturated rings. The molecule has 1 amide bonds. The normalized spacial score (nSPS) is 21.9. The fourth-order valence-electron chi connectivity index (χ4n) is 1.16. The van der Waals surface area contributed by atoms with Gasteiger partial charge in [-0.05, 0) is 13.0 Å². The molecule has 0 aromatic carbocycles. The molecule has 0 spiro atoms. The van der Waals surface area contributed by atoms with E-state index in [0.717, 1.165) is 13.7 Å². The quantitative estimate of drug-likeness (QED) is 0.543. The minimum atomic E-state index is -3.79. The summed E-state index contributed by atoms with van der Waals surface area (Å²) in [6, 6.07) is -0.169. The molecule has 0 radical (unpaired) electrons. The minimum Gasteiger partial charge on any atom is -0.452 e. The summed E-state index contributed by atoms with van der Waals surface area (Å²) in [4.78, 5) is 10.6. The summed E-state index contributed by atoms with van der Waals surface area (Å²) in [6.07, 6.45) is -0.286. The van der Waals surface area contributed by atoms with Gasteiger partial charge in [-0.15, -0.1) is 0 Å². The maximum Gasteiger partial charge on any atom is 0.421 e. The molecule has 14 heavy (non-hydrogen) atoms. The van der Waals surface area contributed by atoms with Crippen LogP contribution in [0.15, 0.2) is 0 Å². The summed E-state index contributed by atoms with van der Waals surface area (Å²) in [5, 5.41) is 2.99. The SMILES string of the molecule is COC(=O)NS(=O)(=O)N[C@H]1CCNC1. The molecule has 1 saturated heterocycles. The van der Waals surface area contributed by atoms with Crippen molar-refractivity contribution in [2.75, 3.05) is 20.2 Å². The van der Waals surface area contributed by atoms with Gasteiger partial charge in [0.2, 0.25) is 0 Å². The summed E-state index contributed by atoms with van der Waals surface area (Å²) in [5.74, 6) is 0. The van der Waals surface area contributed by atoms with Gasteiger partial charge in [0, 0.05) is 12.6 Å². The van der Waals surface area contributed by atoms with E-state index in [4.69, 9.17) is 0 Å². The van der Waals surface area contributed by atoms with E-state index >= 15 is 0 Å². The van der Waals surface area contributed by atoms with E-state index in [1.165, 1.54) is 0 Å². The monoisotopic (exact) mass is 223 g/mol. The Bertz CT molecular complexity index is 296. The topological polar surface area (TPSA) is 96.5 Å². The first-order valence-electron chi connectivity index (χ1n) is 4.12. The first-order valence-corrected chi connectivity index (χ1v) is 5.60. The van der Waals surface area contributed by atoms with E-state index < -0.39 is 16.3 Å². The summed E-state index contributed by atoms with van der Waals surface area (Å²) in [6.45, 7) is 1.34. The van der Waals surface area contributed by atoms with Gasteiger partial charge in [-0.25, -0.2) is 9.52 Å². The second-order valence-electron chi connectivity index (χ2n) is 2.90. The Hall–Kier alpha value is -0.860. The highest BCUT2D eigenvalue weighted by atomic mass is 32.2. The van der Waals surface area contributed by atoms with Crippen molar-refractivity contribution in [1.82, 2.24) is 14.8 Å². The van der Waals surface area contributed by atoms with E-state index in [-0.39, 0.29) is 6.04 Å². The standard InChI is InChI=1S/C6H13N3O4S/c1-13-6(10)9-14(11,12)8-5-2-3-7-4-5/h5,7-8H,2-4H2,1H3,(H,9,10)/t5-/m0/s1. The smallest absolute Gasteiger partial charge is 0.421 e. The number of methoxy groups -OCH3 is 1. The molecule has 8 heteroatoms. The lowest BCUT2D eigenvalue weighted by Crippen LogP contribution is -2.45. The highest BCUT2D eigenvalue weighted by Crippen LogP contribution is 1.98. The third kappa shape index (κ3) is 3.48. The van der Waals surface area contributed by atoms with Crippen molar-refractivity contribution in [3.63, 3.8) is 0 Å². The Morgan fingerprint density at radius 3 is 2.79 bits per heavy atom. The van der Waals surface area contributed by atoms with Gasteiger partial charge in [0.15, 0.2) is 0 Å². The Balaban J connectivity index is 2.44. The van der Waals surface area contributed by atoms with Crippen molar-refractivity contribution in [1.29, 1.82) is 0 Å². The Labute approximate surface area is 82.4 Å². The van der Waals surface area contributed by atoms with E-state index in [1.54, 1.807) is 4.72 Å². The predicted octanol–water partition coefficient (Wildman–Crippen LogP) is -1.46. The maximum atomic E-state index is 11.2. The summed E-state index contributed by atoms with van der Waals surface area (Å²) in [7, 11) is -2.69. The van der Waals surface area contributed by atoms with Gasteiger partial charge in [0.05, 0.1) is 7.11 Å². The number of carbonyl (C=O) groups excluding carboxylic acids is 1. The number of amides is 1. The molecule has 0 aromatic rings. The van der Waals surface area contributed by atoms with Gasteiger partial charge >= 0.3 is 16.3 Å². The molecule has 82 valence electrons. The first kappa shape index (κ1) is 11.2. The second-order valence-corrected chi connectivity index (χ2v) is 4.35. The van der Waals surface area contributed by atoms with Gasteiger partial charge in [0.25, 0.3) is 0 Å². The van der Waals surface area contributed by atoms with Gasteiger partial charge in [0.1, 0.15) is 0 Å². The third-order valence-electron chi connectivity index (χ3n) is 1.79. The van der Waals surface area contributed by atoms with Crippen LogP contribution in [0.4, 0.5) is 4.79 Å². The molecule has 3 N–H and O–H groups in total. The molecule has 7 nitrogen and oxygen atoms in total. The fourth-order valence-corrected chi connectivity index (χ4v) is 2.16. The minimum absolute atomic E-state index is 0.169. The van der Waals surface area contributed by atoms with Crippen LogP contribution in [0.1, 0.15) is 6.42 Å². The lowest BCUT2D eigenvalue weighted by Gasteiger charge is -2.11. The third-order valence-corrected chi connectivity index (χ3v) is 2.86. The Morgan fingerprint density at radius 1 is 1.57 bits per heavy atom. The Morgan fingerprint density at radius 2 is 2.29 bits per heavy atom. The zero-order valence-corrected chi connectivity index (χ0v) is 8.56. The number of hydrogen-bond donors (Lipinski definition) is 3. The molecule has 0 saturated carbocycles. The van der Waals surface area contributed by atoms with Crippen molar-refractivity contribution in [3.8, 4) is 0 Å². The van der Waals surface area contributed by atoms with Crippen LogP contribution in [0.2, 0.25) is 0 Å². The number of carbonyl (C=O) groups is 1. The summed E-state index contributed by atoms with van der Waals surface area (Å²) in [5.41, 5.74) is 0. The first-order chi connectivity index (χ1) is 6.53. The summed E-state index contributed by atoms with van der Waals surface area (Å²) < 4.78 is 30.6. The van der Waals surface area contributed by atoms with E-state index in [0.29, 0.717) is 13.0 Å². The van der Waals surface area contributed by atoms with E-state index in [9.17, 15) is 13.2 Å². The summed E-state index contributed by atoms with van der Waals surface area (Å²) >= 11 is 0. The second kappa shape index (κ2) is 4.58. The number of hydrogen-bond acceptors (Lipinski definition) is 5. The molecule has 0 aromatic heterocycles. The molecule has 1 rings (SSSR count). The van der Waals surface area contributed by atoms with Crippen LogP contribution < -0.4 is 14.8 Å². The molecule has 0 unspecified atom stereocenters. The molecule has 1 aliphatic rings. The van der Waals surface area contributed by atoms with Crippen molar-refractivity contribution in [2.24, 2.45) is 0 Å². The zero-order chi connectivity index (χ0) is 10.6. The maximum absolute atomic E-state index is 11.2. The molecular weight excluding hydrogens is 210 g/mol. The molecule has 1 atom stereocenters. The molecule has 1 aliphatic heterocycles. The number of ether oxygens (including phenoxy) is 1. The highest BCUT2D eigenvalue weighted by Gasteiger charge is 2.22. The van der Waals surface area contributed by atoms with Gasteiger partial charge in [-0.3, -0.25) is 0 Å². The van der Waals surface area contributed by atoms with Crippen LogP contribution in [0.5, 0.6) is 0 Å². The largest absolute Gasteiger partial charge is 0.452 e. The van der Waals surface area contributed by atoms with Crippen LogP contribution in [0.25, 0.3) is 0 Å². The predicted molar refractivity (Wildman–Crippen MR) is 48.9 cm³/mol. The van der Waals surface area contributed by atoms with E-state index in [1.807, 2.05) is 0 Å². The van der Waals surface area contributed by atoms with E-state index in [2.05, 4.69) is 14.8 Å². The van der Waals surface area contributed by atoms with Crippen molar-refractivity contribution in [2.45, 2.75) is 12.5 Å². The number of rotatable bonds is 3. The van der Waals surface area contributed by atoms with Crippen LogP contribution in [0.3, 0.4) is 0 Å². The van der Waals surface area contributed by atoms with Crippen molar-refractivity contribution >= 4 is 16.3 Å².